The van der Waals surface area contributed by atoms with Gasteiger partial charge in [0.25, 0.3) is 0 Å². The first-order valence-electron chi connectivity index (χ1n) is 5.49. The van der Waals surface area contributed by atoms with Crippen LogP contribution in [-0.2, 0) is 9.53 Å². The summed E-state index contributed by atoms with van der Waals surface area (Å²) in [7, 11) is 0. The van der Waals surface area contributed by atoms with Gasteiger partial charge >= 0.3 is 5.97 Å². The summed E-state index contributed by atoms with van der Waals surface area (Å²) in [4.78, 5) is 10.5. The molecule has 90 valence electrons. The average Bonchev–Trinajstić information content (AvgIpc) is 2.11. The maximum absolute atomic E-state index is 10.5. The lowest BCUT2D eigenvalue weighted by Gasteiger charge is -2.18. The van der Waals surface area contributed by atoms with Gasteiger partial charge in [-0.25, -0.2) is 0 Å². The Morgan fingerprint density at radius 1 is 1.20 bits per heavy atom. The molecule has 0 aromatic rings. The van der Waals surface area contributed by atoms with Gasteiger partial charge in [0.2, 0.25) is 0 Å². The van der Waals surface area contributed by atoms with E-state index in [-0.39, 0.29) is 5.97 Å². The molecule has 0 fully saturated rings. The summed E-state index contributed by atoms with van der Waals surface area (Å²) in [6.07, 6.45) is 5.87. The maximum atomic E-state index is 10.5. The van der Waals surface area contributed by atoms with Gasteiger partial charge < -0.3 is 4.74 Å². The van der Waals surface area contributed by atoms with Gasteiger partial charge in [0.05, 0.1) is 6.61 Å². The molecule has 0 aromatic heterocycles. The zero-order valence-electron chi connectivity index (χ0n) is 9.52. The standard InChI is InChI=1S/C11H20Cl2O2/c1-3-4-5-6-7-11(12,13)8-9-15-10(2)14/h3-9H2,1-2H3. The number of unbranched alkanes of at least 4 members (excludes halogenated alkanes) is 3. The second-order valence-corrected chi connectivity index (χ2v) is 5.40. The molecule has 0 aromatic carbocycles. The molecule has 4 heteroatoms. The van der Waals surface area contributed by atoms with Gasteiger partial charge in [0.15, 0.2) is 0 Å². The second kappa shape index (κ2) is 8.23. The monoisotopic (exact) mass is 254 g/mol. The summed E-state index contributed by atoms with van der Waals surface area (Å²) in [5, 5.41) is 0. The van der Waals surface area contributed by atoms with Crippen molar-refractivity contribution in [3.63, 3.8) is 0 Å². The van der Waals surface area contributed by atoms with E-state index in [1.807, 2.05) is 0 Å². The van der Waals surface area contributed by atoms with E-state index in [9.17, 15) is 4.79 Å². The molecule has 0 aliphatic carbocycles. The fourth-order valence-electron chi connectivity index (χ4n) is 1.28. The molecular formula is C11H20Cl2O2. The lowest BCUT2D eigenvalue weighted by atomic mass is 10.1. The number of halogens is 2. The number of alkyl halides is 2. The molecule has 0 aliphatic rings. The Labute approximate surface area is 102 Å². The Morgan fingerprint density at radius 3 is 2.40 bits per heavy atom. The average molecular weight is 255 g/mol. The summed E-state index contributed by atoms with van der Waals surface area (Å²) < 4.78 is 4.05. The molecule has 0 N–H and O–H groups in total. The van der Waals surface area contributed by atoms with Crippen LogP contribution in [0.3, 0.4) is 0 Å². The minimum atomic E-state index is -0.747. The van der Waals surface area contributed by atoms with Crippen molar-refractivity contribution in [1.29, 1.82) is 0 Å². The molecular weight excluding hydrogens is 235 g/mol. The van der Waals surface area contributed by atoms with E-state index in [0.29, 0.717) is 13.0 Å². The number of carbonyl (C=O) groups excluding carboxylic acids is 1. The molecule has 15 heavy (non-hydrogen) atoms. The zero-order valence-corrected chi connectivity index (χ0v) is 11.0. The van der Waals surface area contributed by atoms with Crippen LogP contribution in [0.4, 0.5) is 0 Å². The Morgan fingerprint density at radius 2 is 1.87 bits per heavy atom. The number of rotatable bonds is 8. The lowest BCUT2D eigenvalue weighted by molar-refractivity contribution is -0.141. The van der Waals surface area contributed by atoms with E-state index in [0.717, 1.165) is 19.3 Å². The van der Waals surface area contributed by atoms with Gasteiger partial charge in [-0.05, 0) is 6.42 Å². The van der Waals surface area contributed by atoms with Crippen molar-refractivity contribution < 1.29 is 9.53 Å². The van der Waals surface area contributed by atoms with Crippen molar-refractivity contribution >= 4 is 29.2 Å². The van der Waals surface area contributed by atoms with E-state index < -0.39 is 4.33 Å². The van der Waals surface area contributed by atoms with E-state index >= 15 is 0 Å². The summed E-state index contributed by atoms with van der Waals surface area (Å²) in [6, 6.07) is 0. The normalized spacial score (nSPS) is 11.5. The van der Waals surface area contributed by atoms with Crippen LogP contribution in [0.15, 0.2) is 0 Å². The fourth-order valence-corrected chi connectivity index (χ4v) is 1.70. The van der Waals surface area contributed by atoms with Crippen LogP contribution in [0.5, 0.6) is 0 Å². The largest absolute Gasteiger partial charge is 0.466 e. The van der Waals surface area contributed by atoms with Crippen LogP contribution in [0, 0.1) is 0 Å². The smallest absolute Gasteiger partial charge is 0.302 e. The highest BCUT2D eigenvalue weighted by Crippen LogP contribution is 2.31. The van der Waals surface area contributed by atoms with Crippen molar-refractivity contribution in [2.24, 2.45) is 0 Å². The number of ether oxygens (including phenoxy) is 1. The lowest BCUT2D eigenvalue weighted by Crippen LogP contribution is -2.17. The third kappa shape index (κ3) is 10.3. The van der Waals surface area contributed by atoms with Crippen molar-refractivity contribution in [1.82, 2.24) is 0 Å². The van der Waals surface area contributed by atoms with Crippen LogP contribution in [0.25, 0.3) is 0 Å². The first kappa shape index (κ1) is 15.0. The topological polar surface area (TPSA) is 26.3 Å². The molecule has 0 aliphatic heterocycles. The maximum Gasteiger partial charge on any atom is 0.302 e. The van der Waals surface area contributed by atoms with Crippen LogP contribution in [0.1, 0.15) is 52.4 Å². The third-order valence-corrected chi connectivity index (χ3v) is 2.93. The molecule has 0 unspecified atom stereocenters. The third-order valence-electron chi connectivity index (χ3n) is 2.17. The van der Waals surface area contributed by atoms with E-state index in [1.165, 1.54) is 19.8 Å². The highest BCUT2D eigenvalue weighted by molar-refractivity contribution is 6.48. The van der Waals surface area contributed by atoms with Crippen molar-refractivity contribution in [2.45, 2.75) is 56.7 Å². The summed E-state index contributed by atoms with van der Waals surface area (Å²) in [5.74, 6) is -0.287. The first-order chi connectivity index (χ1) is 6.98. The molecule has 0 spiro atoms. The molecule has 0 saturated heterocycles. The Hall–Kier alpha value is 0.0500. The van der Waals surface area contributed by atoms with Gasteiger partial charge in [-0.2, -0.15) is 0 Å². The Balaban J connectivity index is 3.53. The Bertz CT molecular complexity index is 181. The summed E-state index contributed by atoms with van der Waals surface area (Å²) in [5.41, 5.74) is 0. The van der Waals surface area contributed by atoms with Gasteiger partial charge in [-0.1, -0.05) is 32.6 Å². The molecule has 0 radical (unpaired) electrons. The number of hydrogen-bond donors (Lipinski definition) is 0. The molecule has 0 amide bonds. The highest BCUT2D eigenvalue weighted by Gasteiger charge is 2.23. The van der Waals surface area contributed by atoms with Crippen LogP contribution in [0.2, 0.25) is 0 Å². The summed E-state index contributed by atoms with van der Waals surface area (Å²) in [6.45, 7) is 3.84. The molecule has 0 heterocycles. The predicted molar refractivity (Wildman–Crippen MR) is 64.4 cm³/mol. The van der Waals surface area contributed by atoms with Crippen molar-refractivity contribution in [3.8, 4) is 0 Å². The van der Waals surface area contributed by atoms with Gasteiger partial charge in [-0.15, -0.1) is 23.2 Å². The number of esters is 1. The summed E-state index contributed by atoms with van der Waals surface area (Å²) >= 11 is 12.1. The molecule has 0 atom stereocenters. The zero-order chi connectivity index (χ0) is 11.7. The van der Waals surface area contributed by atoms with Crippen LogP contribution >= 0.6 is 23.2 Å². The van der Waals surface area contributed by atoms with E-state index in [1.54, 1.807) is 0 Å². The first-order valence-corrected chi connectivity index (χ1v) is 6.25. The van der Waals surface area contributed by atoms with Crippen molar-refractivity contribution in [3.05, 3.63) is 0 Å². The predicted octanol–water partition coefficient (Wildman–Crippen LogP) is 4.08. The minimum absolute atomic E-state index is 0.287. The van der Waals surface area contributed by atoms with E-state index in [4.69, 9.17) is 27.9 Å². The molecule has 0 saturated carbocycles. The van der Waals surface area contributed by atoms with E-state index in [2.05, 4.69) is 6.92 Å². The highest BCUT2D eigenvalue weighted by atomic mass is 35.5. The number of carbonyl (C=O) groups is 1. The van der Waals surface area contributed by atoms with Gasteiger partial charge in [0.1, 0.15) is 4.33 Å². The SMILES string of the molecule is CCCCCCC(Cl)(Cl)CCOC(C)=O. The Kier molecular flexibility index (Phi) is 8.26. The van der Waals surface area contributed by atoms with Gasteiger partial charge in [-0.3, -0.25) is 4.79 Å². The quantitative estimate of drug-likeness (QED) is 0.371. The molecule has 2 nitrogen and oxygen atoms in total. The second-order valence-electron chi connectivity index (χ2n) is 3.76. The van der Waals surface area contributed by atoms with Crippen LogP contribution in [-0.4, -0.2) is 16.9 Å². The minimum Gasteiger partial charge on any atom is -0.466 e. The molecule has 0 bridgehead atoms. The number of hydrogen-bond acceptors (Lipinski definition) is 2. The fraction of sp³-hybridized carbons (Fsp3) is 0.909. The van der Waals surface area contributed by atoms with Gasteiger partial charge in [0, 0.05) is 13.3 Å². The van der Waals surface area contributed by atoms with Crippen molar-refractivity contribution in [2.75, 3.05) is 6.61 Å². The molecule has 0 rings (SSSR count). The van der Waals surface area contributed by atoms with Crippen LogP contribution < -0.4 is 0 Å².